The summed E-state index contributed by atoms with van der Waals surface area (Å²) in [5.74, 6) is -0.662. The average molecular weight is 384 g/mol. The van der Waals surface area contributed by atoms with Gasteiger partial charge in [0.15, 0.2) is 0 Å². The zero-order chi connectivity index (χ0) is 19.7. The van der Waals surface area contributed by atoms with Gasteiger partial charge in [-0.25, -0.2) is 4.79 Å². The summed E-state index contributed by atoms with van der Waals surface area (Å²) in [6, 6.07) is 7.91. The predicted octanol–water partition coefficient (Wildman–Crippen LogP) is 1.63. The van der Waals surface area contributed by atoms with Crippen LogP contribution in [-0.2, 0) is 16.0 Å². The Hall–Kier alpha value is -1.77. The fourth-order valence-corrected chi connectivity index (χ4v) is 3.12. The molecule has 146 valence electrons. The van der Waals surface area contributed by atoms with Crippen LogP contribution in [0.15, 0.2) is 30.3 Å². The lowest BCUT2D eigenvalue weighted by atomic mass is 10.0. The fourth-order valence-electron chi connectivity index (χ4n) is 2.11. The molecule has 0 spiro atoms. The van der Waals surface area contributed by atoms with Gasteiger partial charge in [-0.1, -0.05) is 30.3 Å². The Bertz CT molecular complexity index is 577. The Balaban J connectivity index is 2.69. The van der Waals surface area contributed by atoms with E-state index in [0.29, 0.717) is 6.42 Å². The van der Waals surface area contributed by atoms with Gasteiger partial charge >= 0.3 is 12.1 Å². The number of rotatable bonds is 9. The molecule has 0 bridgehead atoms. The molecule has 0 aliphatic heterocycles. The fraction of sp³-hybridized carbons (Fsp3) is 0.556. The van der Waals surface area contributed by atoms with Gasteiger partial charge in [-0.05, 0) is 32.8 Å². The maximum atomic E-state index is 12.1. The minimum Gasteiger partial charge on any atom is -0.480 e. The van der Waals surface area contributed by atoms with E-state index in [2.05, 4.69) is 5.32 Å². The molecule has 1 amide bonds. The van der Waals surface area contributed by atoms with Crippen LogP contribution in [0.2, 0.25) is 0 Å². The van der Waals surface area contributed by atoms with E-state index in [1.165, 1.54) is 11.8 Å². The molecule has 0 saturated carbocycles. The van der Waals surface area contributed by atoms with Gasteiger partial charge in [-0.2, -0.15) is 11.8 Å². The van der Waals surface area contributed by atoms with Gasteiger partial charge in [0.25, 0.3) is 0 Å². The molecular formula is C18H28N2O5S. The molecule has 1 aromatic rings. The number of hydrogen-bond acceptors (Lipinski definition) is 6. The first-order chi connectivity index (χ1) is 12.1. The Kier molecular flexibility index (Phi) is 8.91. The molecule has 7 nitrogen and oxygen atoms in total. The second kappa shape index (κ2) is 10.4. The third-order valence-electron chi connectivity index (χ3n) is 3.37. The van der Waals surface area contributed by atoms with Crippen molar-refractivity contribution >= 4 is 23.8 Å². The van der Waals surface area contributed by atoms with Crippen LogP contribution < -0.4 is 11.1 Å². The van der Waals surface area contributed by atoms with Crippen LogP contribution in [0.4, 0.5) is 4.79 Å². The van der Waals surface area contributed by atoms with Gasteiger partial charge < -0.3 is 26.0 Å². The topological polar surface area (TPSA) is 122 Å². The normalized spacial score (nSPS) is 15.0. The largest absolute Gasteiger partial charge is 0.480 e. The van der Waals surface area contributed by atoms with E-state index in [1.807, 2.05) is 30.3 Å². The molecular weight excluding hydrogens is 356 g/mol. The SMILES string of the molecule is CC(C)(C)OC(=O)N[C@H](Cc1ccccc1)C(O)CSCC(N)C(=O)O. The number of aliphatic hydroxyl groups is 1. The zero-order valence-electron chi connectivity index (χ0n) is 15.3. The molecule has 0 saturated heterocycles. The van der Waals surface area contributed by atoms with Crippen LogP contribution in [-0.4, -0.2) is 57.6 Å². The maximum absolute atomic E-state index is 12.1. The first kappa shape index (κ1) is 22.3. The third kappa shape index (κ3) is 9.07. The van der Waals surface area contributed by atoms with E-state index in [-0.39, 0.29) is 11.5 Å². The van der Waals surface area contributed by atoms with Crippen molar-refractivity contribution in [1.29, 1.82) is 0 Å². The predicted molar refractivity (Wildman–Crippen MR) is 102 cm³/mol. The summed E-state index contributed by atoms with van der Waals surface area (Å²) >= 11 is 1.23. The minimum absolute atomic E-state index is 0.177. The number of aliphatic carboxylic acids is 1. The molecule has 2 unspecified atom stereocenters. The highest BCUT2D eigenvalue weighted by molar-refractivity contribution is 7.99. The van der Waals surface area contributed by atoms with Gasteiger partial charge in [-0.15, -0.1) is 0 Å². The Morgan fingerprint density at radius 2 is 1.85 bits per heavy atom. The number of nitrogens with two attached hydrogens (primary N) is 1. The minimum atomic E-state index is -1.08. The number of ether oxygens (including phenoxy) is 1. The van der Waals surface area contributed by atoms with Crippen molar-refractivity contribution in [3.05, 3.63) is 35.9 Å². The highest BCUT2D eigenvalue weighted by Crippen LogP contribution is 2.13. The van der Waals surface area contributed by atoms with Crippen molar-refractivity contribution in [1.82, 2.24) is 5.32 Å². The van der Waals surface area contributed by atoms with Crippen molar-refractivity contribution in [3.63, 3.8) is 0 Å². The van der Waals surface area contributed by atoms with Gasteiger partial charge in [0, 0.05) is 11.5 Å². The van der Waals surface area contributed by atoms with E-state index in [4.69, 9.17) is 15.6 Å². The summed E-state index contributed by atoms with van der Waals surface area (Å²) in [5.41, 5.74) is 5.78. The van der Waals surface area contributed by atoms with E-state index >= 15 is 0 Å². The zero-order valence-corrected chi connectivity index (χ0v) is 16.2. The lowest BCUT2D eigenvalue weighted by Gasteiger charge is -2.27. The number of thioether (sulfide) groups is 1. The van der Waals surface area contributed by atoms with Crippen LogP contribution in [0.5, 0.6) is 0 Å². The number of carboxylic acids is 1. The molecule has 26 heavy (non-hydrogen) atoms. The quantitative estimate of drug-likeness (QED) is 0.510. The lowest BCUT2D eigenvalue weighted by molar-refractivity contribution is -0.137. The molecule has 5 N–H and O–H groups in total. The molecule has 8 heteroatoms. The summed E-state index contributed by atoms with van der Waals surface area (Å²) in [4.78, 5) is 22.8. The molecule has 3 atom stereocenters. The van der Waals surface area contributed by atoms with Crippen LogP contribution in [0.25, 0.3) is 0 Å². The molecule has 1 aromatic carbocycles. The first-order valence-electron chi connectivity index (χ1n) is 8.36. The van der Waals surface area contributed by atoms with Crippen molar-refractivity contribution < 1.29 is 24.5 Å². The second-order valence-corrected chi connectivity index (χ2v) is 8.07. The number of benzene rings is 1. The maximum Gasteiger partial charge on any atom is 0.407 e. The summed E-state index contributed by atoms with van der Waals surface area (Å²) in [7, 11) is 0. The van der Waals surface area contributed by atoms with Crippen molar-refractivity contribution in [2.75, 3.05) is 11.5 Å². The Morgan fingerprint density at radius 1 is 1.23 bits per heavy atom. The second-order valence-electron chi connectivity index (χ2n) is 6.99. The van der Waals surface area contributed by atoms with E-state index in [9.17, 15) is 14.7 Å². The number of nitrogens with one attached hydrogen (secondary N) is 1. The molecule has 0 aliphatic carbocycles. The van der Waals surface area contributed by atoms with E-state index < -0.39 is 35.9 Å². The summed E-state index contributed by atoms with van der Waals surface area (Å²) < 4.78 is 5.26. The number of carboxylic acid groups (broad SMARTS) is 1. The highest BCUT2D eigenvalue weighted by atomic mass is 32.2. The molecule has 0 aromatic heterocycles. The van der Waals surface area contributed by atoms with Gasteiger partial charge in [0.05, 0.1) is 12.1 Å². The lowest BCUT2D eigenvalue weighted by Crippen LogP contribution is -2.47. The standard InChI is InChI=1S/C18H28N2O5S/c1-18(2,3)25-17(24)20-14(9-12-7-5-4-6-8-12)15(21)11-26-10-13(19)16(22)23/h4-8,13-15,21H,9-11,19H2,1-3H3,(H,20,24)(H,22,23)/t13?,14-,15?/m1/s1. The Labute approximate surface area is 158 Å². The van der Waals surface area contributed by atoms with E-state index in [1.54, 1.807) is 20.8 Å². The number of carbonyl (C=O) groups excluding carboxylic acids is 1. The first-order valence-corrected chi connectivity index (χ1v) is 9.51. The number of amides is 1. The highest BCUT2D eigenvalue weighted by Gasteiger charge is 2.25. The number of hydrogen-bond donors (Lipinski definition) is 4. The van der Waals surface area contributed by atoms with Crippen molar-refractivity contribution in [2.24, 2.45) is 5.73 Å². The van der Waals surface area contributed by atoms with Crippen LogP contribution >= 0.6 is 11.8 Å². The summed E-state index contributed by atoms with van der Waals surface area (Å²) in [5, 5.41) is 22.0. The van der Waals surface area contributed by atoms with Gasteiger partial charge in [-0.3, -0.25) is 4.79 Å². The summed E-state index contributed by atoms with van der Waals surface area (Å²) in [6.45, 7) is 5.29. The van der Waals surface area contributed by atoms with Crippen LogP contribution in [0, 0.1) is 0 Å². The van der Waals surface area contributed by atoms with Gasteiger partial charge in [0.2, 0.25) is 0 Å². The van der Waals surface area contributed by atoms with E-state index in [0.717, 1.165) is 5.56 Å². The van der Waals surface area contributed by atoms with Crippen molar-refractivity contribution in [2.45, 2.75) is 51.0 Å². The number of aliphatic hydroxyl groups excluding tert-OH is 1. The van der Waals surface area contributed by atoms with Gasteiger partial charge in [0.1, 0.15) is 11.6 Å². The molecule has 0 radical (unpaired) electrons. The van der Waals surface area contributed by atoms with Crippen LogP contribution in [0.1, 0.15) is 26.3 Å². The molecule has 0 fully saturated rings. The number of carbonyl (C=O) groups is 2. The number of alkyl carbamates (subject to hydrolysis) is 1. The molecule has 0 heterocycles. The molecule has 1 rings (SSSR count). The third-order valence-corrected chi connectivity index (χ3v) is 4.54. The summed E-state index contributed by atoms with van der Waals surface area (Å²) in [6.07, 6.45) is -1.06. The van der Waals surface area contributed by atoms with Crippen LogP contribution in [0.3, 0.4) is 0 Å². The Morgan fingerprint density at radius 3 is 2.38 bits per heavy atom. The monoisotopic (exact) mass is 384 g/mol. The molecule has 0 aliphatic rings. The average Bonchev–Trinajstić information content (AvgIpc) is 2.53. The smallest absolute Gasteiger partial charge is 0.407 e. The van der Waals surface area contributed by atoms with Crippen molar-refractivity contribution in [3.8, 4) is 0 Å².